The molecule has 0 rings (SSSR count). The lowest BCUT2D eigenvalue weighted by atomic mass is 10.4. The van der Waals surface area contributed by atoms with Crippen LogP contribution in [0.15, 0.2) is 0 Å². The van der Waals surface area contributed by atoms with Gasteiger partial charge in [0, 0.05) is 13.2 Å². The third kappa shape index (κ3) is 10.5. The molecule has 0 aliphatic heterocycles. The van der Waals surface area contributed by atoms with Crippen molar-refractivity contribution in [1.82, 2.24) is 0 Å². The summed E-state index contributed by atoms with van der Waals surface area (Å²) in [5, 5.41) is 1.44. The second-order valence-corrected chi connectivity index (χ2v) is 6.87. The van der Waals surface area contributed by atoms with Crippen molar-refractivity contribution in [2.24, 2.45) is 0 Å². The van der Waals surface area contributed by atoms with Crippen LogP contribution in [0, 0.1) is 0 Å². The van der Waals surface area contributed by atoms with E-state index < -0.39 is 0 Å². The fourth-order valence-corrected chi connectivity index (χ4v) is 1.93. The highest BCUT2D eigenvalue weighted by Crippen LogP contribution is 1.97. The van der Waals surface area contributed by atoms with E-state index in [4.69, 9.17) is 4.74 Å². The summed E-state index contributed by atoms with van der Waals surface area (Å²) in [6.45, 7) is 4.16. The van der Waals surface area contributed by atoms with E-state index in [0.717, 1.165) is 13.2 Å². The number of unbranched alkanes of at least 4 members (excludes halogenated alkanes) is 1. The Morgan fingerprint density at radius 1 is 1.09 bits per heavy atom. The van der Waals surface area contributed by atoms with E-state index in [1.807, 2.05) is 0 Å². The molecule has 0 N–H and O–H groups in total. The molecule has 0 aliphatic carbocycles. The molecular weight excluding hydrogens is 151 g/mol. The van der Waals surface area contributed by atoms with Crippen molar-refractivity contribution in [3.8, 4) is 0 Å². The van der Waals surface area contributed by atoms with Crippen molar-refractivity contribution in [2.75, 3.05) is 13.2 Å². The Balaban J connectivity index is 2.80. The van der Waals surface area contributed by atoms with Crippen LogP contribution >= 0.6 is 0 Å². The van der Waals surface area contributed by atoms with E-state index in [0.29, 0.717) is 0 Å². The molecule has 0 aromatic carbocycles. The summed E-state index contributed by atoms with van der Waals surface area (Å²) in [7, 11) is 0. The minimum Gasteiger partial charge on any atom is -0.382 e. The maximum atomic E-state index is 5.45. The van der Waals surface area contributed by atoms with Crippen LogP contribution in [0.2, 0.25) is 16.9 Å². The van der Waals surface area contributed by atoms with Gasteiger partial charge in [-0.25, -0.2) is 0 Å². The van der Waals surface area contributed by atoms with Gasteiger partial charge in [-0.2, -0.15) is 0 Å². The van der Waals surface area contributed by atoms with E-state index in [1.165, 1.54) is 24.5 Å². The maximum Gasteiger partial charge on any atom is 0.255 e. The first-order valence-corrected chi connectivity index (χ1v) is 7.97. The molecule has 0 heterocycles. The lowest BCUT2D eigenvalue weighted by Gasteiger charge is -2.02. The highest BCUT2D eigenvalue weighted by molar-refractivity contribution is 6.55. The highest BCUT2D eigenvalue weighted by atomic mass is 27.2. The number of hydrogen-bond donors (Lipinski definition) is 0. The Morgan fingerprint density at radius 2 is 1.73 bits per heavy atom. The molecule has 0 aromatic rings. The SMILES string of the molecule is CCCCOCC[CH2][Al]([CH3])[CH3]. The molecule has 0 atom stereocenters. The van der Waals surface area contributed by atoms with Gasteiger partial charge < -0.3 is 4.74 Å². The summed E-state index contributed by atoms with van der Waals surface area (Å²) in [5.74, 6) is 4.79. The van der Waals surface area contributed by atoms with Gasteiger partial charge in [0.2, 0.25) is 0 Å². The molecule has 0 spiro atoms. The first-order chi connectivity index (χ1) is 5.27. The van der Waals surface area contributed by atoms with Crippen molar-refractivity contribution in [1.29, 1.82) is 0 Å². The Kier molecular flexibility index (Phi) is 8.97. The molecule has 0 aliphatic rings. The molecule has 0 saturated heterocycles. The Bertz CT molecular complexity index is 74.0. The van der Waals surface area contributed by atoms with Crippen molar-refractivity contribution >= 4 is 14.1 Å². The molecule has 0 amide bonds. The van der Waals surface area contributed by atoms with Crippen LogP contribution in [0.4, 0.5) is 0 Å². The predicted molar refractivity (Wildman–Crippen MR) is 52.6 cm³/mol. The molecule has 0 unspecified atom stereocenters. The van der Waals surface area contributed by atoms with Gasteiger partial charge in [0.05, 0.1) is 0 Å². The lowest BCUT2D eigenvalue weighted by Crippen LogP contribution is -2.03. The normalized spacial score (nSPS) is 10.1. The first kappa shape index (κ1) is 11.5. The van der Waals surface area contributed by atoms with Crippen LogP contribution in [0.3, 0.4) is 0 Å². The minimum atomic E-state index is -0.309. The molecule has 11 heavy (non-hydrogen) atoms. The van der Waals surface area contributed by atoms with E-state index in [2.05, 4.69) is 18.5 Å². The van der Waals surface area contributed by atoms with E-state index >= 15 is 0 Å². The first-order valence-electron chi connectivity index (χ1n) is 4.85. The molecule has 1 nitrogen and oxygen atoms in total. The fraction of sp³-hybridized carbons (Fsp3) is 1.00. The number of hydrogen-bond acceptors (Lipinski definition) is 1. The third-order valence-corrected chi connectivity index (χ3v) is 3.28. The summed E-state index contributed by atoms with van der Waals surface area (Å²) in [5.41, 5.74) is 0. The summed E-state index contributed by atoms with van der Waals surface area (Å²) in [4.78, 5) is 0. The zero-order valence-corrected chi connectivity index (χ0v) is 9.38. The fourth-order valence-electron chi connectivity index (χ4n) is 0.942. The van der Waals surface area contributed by atoms with Crippen molar-refractivity contribution < 1.29 is 4.74 Å². The molecule has 2 heteroatoms. The molecule has 0 bridgehead atoms. The van der Waals surface area contributed by atoms with Gasteiger partial charge >= 0.3 is 0 Å². The topological polar surface area (TPSA) is 9.23 Å². The van der Waals surface area contributed by atoms with Crippen molar-refractivity contribution in [2.45, 2.75) is 43.0 Å². The number of rotatable bonds is 7. The quantitative estimate of drug-likeness (QED) is 0.424. The molecule has 0 saturated carbocycles. The van der Waals surface area contributed by atoms with Crippen molar-refractivity contribution in [3.63, 3.8) is 0 Å². The van der Waals surface area contributed by atoms with Crippen LogP contribution in [-0.2, 0) is 4.74 Å². The summed E-state index contributed by atoms with van der Waals surface area (Å²) >= 11 is -0.309. The van der Waals surface area contributed by atoms with Crippen LogP contribution < -0.4 is 0 Å². The lowest BCUT2D eigenvalue weighted by molar-refractivity contribution is 0.132. The molecule has 0 radical (unpaired) electrons. The molecule has 66 valence electrons. The van der Waals surface area contributed by atoms with E-state index in [9.17, 15) is 0 Å². The monoisotopic (exact) mass is 172 g/mol. The number of ether oxygens (including phenoxy) is 1. The van der Waals surface area contributed by atoms with Crippen LogP contribution in [-0.4, -0.2) is 27.4 Å². The van der Waals surface area contributed by atoms with E-state index in [1.54, 1.807) is 0 Å². The van der Waals surface area contributed by atoms with Gasteiger partial charge in [-0.05, 0) is 12.8 Å². The Morgan fingerprint density at radius 3 is 2.27 bits per heavy atom. The molecule has 0 fully saturated rings. The second kappa shape index (κ2) is 8.59. The minimum absolute atomic E-state index is 0.309. The van der Waals surface area contributed by atoms with Crippen LogP contribution in [0.1, 0.15) is 26.2 Å². The third-order valence-electron chi connectivity index (χ3n) is 1.71. The van der Waals surface area contributed by atoms with Crippen LogP contribution in [0.5, 0.6) is 0 Å². The van der Waals surface area contributed by atoms with Gasteiger partial charge in [-0.3, -0.25) is 0 Å². The standard InChI is InChI=1S/C7H15O.2CH3.Al/c1-3-5-7-8-6-4-2;;;/h2-7H2,1H3;2*1H3;. The average Bonchev–Trinajstić information content (AvgIpc) is 1.96. The largest absolute Gasteiger partial charge is 0.382 e. The Labute approximate surface area is 75.5 Å². The van der Waals surface area contributed by atoms with Crippen LogP contribution in [0.25, 0.3) is 0 Å². The highest BCUT2D eigenvalue weighted by Gasteiger charge is 1.99. The second-order valence-electron chi connectivity index (χ2n) is 3.50. The summed E-state index contributed by atoms with van der Waals surface area (Å²) < 4.78 is 5.45. The van der Waals surface area contributed by atoms with Crippen molar-refractivity contribution in [3.05, 3.63) is 0 Å². The Hall–Kier alpha value is 0.492. The summed E-state index contributed by atoms with van der Waals surface area (Å²) in [6, 6.07) is 0. The van der Waals surface area contributed by atoms with Gasteiger partial charge in [-0.15, -0.1) is 11.6 Å². The van der Waals surface area contributed by atoms with E-state index in [-0.39, 0.29) is 14.1 Å². The van der Waals surface area contributed by atoms with Gasteiger partial charge in [0.25, 0.3) is 14.1 Å². The molecular formula is C9H21AlO. The maximum absolute atomic E-state index is 5.45. The van der Waals surface area contributed by atoms with Gasteiger partial charge in [0.15, 0.2) is 0 Å². The van der Waals surface area contributed by atoms with Gasteiger partial charge in [-0.1, -0.05) is 18.6 Å². The average molecular weight is 172 g/mol. The zero-order valence-electron chi connectivity index (χ0n) is 8.23. The summed E-state index contributed by atoms with van der Waals surface area (Å²) in [6.07, 6.45) is 3.76. The zero-order chi connectivity index (χ0) is 8.53. The van der Waals surface area contributed by atoms with Gasteiger partial charge in [0.1, 0.15) is 0 Å². The molecule has 0 aromatic heterocycles. The smallest absolute Gasteiger partial charge is 0.255 e. The predicted octanol–water partition coefficient (Wildman–Crippen LogP) is 2.95.